The average molecular weight is 530 g/mol. The van der Waals surface area contributed by atoms with Crippen molar-refractivity contribution in [3.8, 4) is 5.75 Å². The second kappa shape index (κ2) is 9.67. The molecule has 2 aliphatic heterocycles. The first-order valence-electron chi connectivity index (χ1n) is 12.7. The molecule has 2 atom stereocenters. The van der Waals surface area contributed by atoms with Crippen LogP contribution in [0.3, 0.4) is 0 Å². The zero-order valence-corrected chi connectivity index (χ0v) is 23.1. The molecule has 200 valence electrons. The van der Waals surface area contributed by atoms with Crippen LogP contribution < -0.4 is 10.5 Å². The molecule has 0 spiro atoms. The summed E-state index contributed by atoms with van der Waals surface area (Å²) in [7, 11) is 0. The number of nitrogens with two attached hydrogens (primary N) is 1. The first kappa shape index (κ1) is 26.1. The Morgan fingerprint density at radius 2 is 1.97 bits per heavy atom. The van der Waals surface area contributed by atoms with Gasteiger partial charge in [-0.2, -0.15) is 5.10 Å². The van der Waals surface area contributed by atoms with E-state index in [9.17, 15) is 5.11 Å². The van der Waals surface area contributed by atoms with E-state index in [1.165, 1.54) is 6.33 Å². The van der Waals surface area contributed by atoms with Gasteiger partial charge in [0.1, 0.15) is 24.5 Å². The molecule has 11 heteroatoms. The lowest BCUT2D eigenvalue weighted by molar-refractivity contribution is -0.262. The molecule has 5 rings (SSSR count). The Bertz CT molecular complexity index is 1320. The minimum atomic E-state index is -0.902. The lowest BCUT2D eigenvalue weighted by Crippen LogP contribution is -2.63. The predicted molar refractivity (Wildman–Crippen MR) is 143 cm³/mol. The molecule has 2 aromatic heterocycles. The molecule has 2 aliphatic rings. The summed E-state index contributed by atoms with van der Waals surface area (Å²) in [5.74, 6) is 1.27. The van der Waals surface area contributed by atoms with Crippen molar-refractivity contribution in [2.75, 3.05) is 32.0 Å². The molecule has 0 radical (unpaired) electrons. The molecule has 2 unspecified atom stereocenters. The second-order valence-corrected chi connectivity index (χ2v) is 11.4. The van der Waals surface area contributed by atoms with Crippen LogP contribution in [-0.2, 0) is 11.3 Å². The summed E-state index contributed by atoms with van der Waals surface area (Å²) in [4.78, 5) is 13.0. The van der Waals surface area contributed by atoms with Crippen LogP contribution in [0.2, 0.25) is 5.02 Å². The summed E-state index contributed by atoms with van der Waals surface area (Å²) >= 11 is 6.78. The van der Waals surface area contributed by atoms with Crippen molar-refractivity contribution in [3.63, 3.8) is 0 Å². The fraction of sp³-hybridized carbons (Fsp3) is 0.577. The van der Waals surface area contributed by atoms with Gasteiger partial charge in [-0.1, -0.05) is 11.6 Å². The highest BCUT2D eigenvalue weighted by Crippen LogP contribution is 2.40. The van der Waals surface area contributed by atoms with Crippen LogP contribution in [-0.4, -0.2) is 79.0 Å². The van der Waals surface area contributed by atoms with Gasteiger partial charge in [-0.25, -0.2) is 14.6 Å². The van der Waals surface area contributed by atoms with Crippen molar-refractivity contribution < 1.29 is 14.6 Å². The van der Waals surface area contributed by atoms with Gasteiger partial charge in [0, 0.05) is 48.4 Å². The van der Waals surface area contributed by atoms with Crippen LogP contribution in [0.5, 0.6) is 5.75 Å². The van der Waals surface area contributed by atoms with E-state index in [-0.39, 0.29) is 6.04 Å². The number of benzene rings is 1. The van der Waals surface area contributed by atoms with E-state index < -0.39 is 12.0 Å². The molecule has 37 heavy (non-hydrogen) atoms. The number of ether oxygens (including phenoxy) is 2. The Hall–Kier alpha value is -2.50. The number of aliphatic hydroxyl groups is 1. The van der Waals surface area contributed by atoms with Gasteiger partial charge in [0.15, 0.2) is 5.65 Å². The maximum absolute atomic E-state index is 10.4. The Labute approximate surface area is 222 Å². The third-order valence-corrected chi connectivity index (χ3v) is 7.70. The molecule has 1 fully saturated rings. The maximum atomic E-state index is 10.4. The normalized spacial score (nSPS) is 19.2. The largest absolute Gasteiger partial charge is 0.492 e. The number of likely N-dealkylation sites (tertiary alicyclic amines) is 1. The molecule has 4 heterocycles. The van der Waals surface area contributed by atoms with Crippen LogP contribution in [0.25, 0.3) is 11.0 Å². The van der Waals surface area contributed by atoms with E-state index in [0.717, 1.165) is 53.2 Å². The molecule has 0 bridgehead atoms. The lowest BCUT2D eigenvalue weighted by atomic mass is 9.97. The van der Waals surface area contributed by atoms with Crippen molar-refractivity contribution >= 4 is 28.5 Å². The number of hydrogen-bond donors (Lipinski definition) is 2. The lowest BCUT2D eigenvalue weighted by Gasteiger charge is -2.47. The number of nitrogens with zero attached hydrogens (tertiary/aromatic N) is 6. The van der Waals surface area contributed by atoms with Crippen molar-refractivity contribution in [2.24, 2.45) is 0 Å². The van der Waals surface area contributed by atoms with Gasteiger partial charge in [-0.05, 0) is 53.2 Å². The van der Waals surface area contributed by atoms with E-state index >= 15 is 0 Å². The highest BCUT2D eigenvalue weighted by atomic mass is 35.5. The highest BCUT2D eigenvalue weighted by molar-refractivity contribution is 6.31. The fourth-order valence-corrected chi connectivity index (χ4v) is 5.42. The molecular weight excluding hydrogens is 494 g/mol. The number of aliphatic hydroxyl groups excluding tert-OH is 1. The SMILES string of the molecule is Cc1c(Cl)cc(C(C)n2nc(C)c3c(N)ncnc32)c2c1CN(C1CN(C(O)OC(C)(C)C)C1)CCO2. The summed E-state index contributed by atoms with van der Waals surface area (Å²) in [5.41, 5.74) is 10.2. The Morgan fingerprint density at radius 3 is 2.68 bits per heavy atom. The summed E-state index contributed by atoms with van der Waals surface area (Å²) in [6.07, 6.45) is 0.560. The first-order valence-corrected chi connectivity index (χ1v) is 13.1. The summed E-state index contributed by atoms with van der Waals surface area (Å²) in [5, 5.41) is 16.6. The molecule has 0 amide bonds. The predicted octanol–water partition coefficient (Wildman–Crippen LogP) is 3.26. The van der Waals surface area contributed by atoms with Crippen molar-refractivity contribution in [3.05, 3.63) is 39.8 Å². The molecule has 0 aliphatic carbocycles. The third kappa shape index (κ3) is 4.88. The number of halogens is 1. The number of aromatic nitrogens is 4. The molecule has 1 aromatic carbocycles. The summed E-state index contributed by atoms with van der Waals surface area (Å²) in [6.45, 7) is 15.4. The second-order valence-electron chi connectivity index (χ2n) is 11.0. The van der Waals surface area contributed by atoms with Gasteiger partial charge >= 0.3 is 0 Å². The average Bonchev–Trinajstić information content (AvgIpc) is 2.97. The smallest absolute Gasteiger partial charge is 0.216 e. The van der Waals surface area contributed by atoms with E-state index in [2.05, 4.69) is 21.8 Å². The Morgan fingerprint density at radius 1 is 1.24 bits per heavy atom. The fourth-order valence-electron chi connectivity index (χ4n) is 5.19. The molecule has 1 saturated heterocycles. The van der Waals surface area contributed by atoms with Gasteiger partial charge in [-0.15, -0.1) is 0 Å². The van der Waals surface area contributed by atoms with Crippen LogP contribution >= 0.6 is 11.6 Å². The number of fused-ring (bicyclic) bond motifs is 2. The van der Waals surface area contributed by atoms with E-state index in [0.29, 0.717) is 35.7 Å². The van der Waals surface area contributed by atoms with Gasteiger partial charge < -0.3 is 20.3 Å². The standard InChI is InChI=1S/C26H36ClN7O3/c1-14-19-12-32(17-10-33(11-17)25(35)37-26(4,5)6)7-8-36-22(19)18(9-20(14)27)16(3)34-24-21(15(2)31-34)23(28)29-13-30-24/h9,13,16-17,25,35H,7-8,10-12H2,1-6H3,(H2,28,29,30). The summed E-state index contributed by atoms with van der Waals surface area (Å²) < 4.78 is 14.0. The minimum Gasteiger partial charge on any atom is -0.492 e. The van der Waals surface area contributed by atoms with Gasteiger partial charge in [0.05, 0.1) is 22.7 Å². The highest BCUT2D eigenvalue weighted by Gasteiger charge is 2.38. The van der Waals surface area contributed by atoms with Crippen molar-refractivity contribution in [2.45, 2.75) is 72.2 Å². The molecule has 10 nitrogen and oxygen atoms in total. The molecule has 3 aromatic rings. The number of rotatable bonds is 5. The van der Waals surface area contributed by atoms with E-state index in [1.807, 2.05) is 50.3 Å². The topological polar surface area (TPSA) is 115 Å². The maximum Gasteiger partial charge on any atom is 0.216 e. The van der Waals surface area contributed by atoms with Crippen LogP contribution in [0.1, 0.15) is 56.1 Å². The van der Waals surface area contributed by atoms with Crippen LogP contribution in [0.4, 0.5) is 5.82 Å². The van der Waals surface area contributed by atoms with Crippen LogP contribution in [0.15, 0.2) is 12.4 Å². The quantitative estimate of drug-likeness (QED) is 0.480. The Kier molecular flexibility index (Phi) is 6.82. The number of hydrogen-bond acceptors (Lipinski definition) is 9. The number of anilines is 1. The molecule has 3 N–H and O–H groups in total. The number of nitrogen functional groups attached to an aromatic ring is 1. The van der Waals surface area contributed by atoms with Gasteiger partial charge in [-0.3, -0.25) is 9.80 Å². The van der Waals surface area contributed by atoms with E-state index in [1.54, 1.807) is 0 Å². The monoisotopic (exact) mass is 529 g/mol. The first-order chi connectivity index (χ1) is 17.4. The third-order valence-electron chi connectivity index (χ3n) is 7.30. The van der Waals surface area contributed by atoms with E-state index in [4.69, 9.17) is 31.9 Å². The zero-order valence-electron chi connectivity index (χ0n) is 22.3. The zero-order chi connectivity index (χ0) is 26.6. The molecular formula is C26H36ClN7O3. The van der Waals surface area contributed by atoms with Crippen molar-refractivity contribution in [1.82, 2.24) is 29.5 Å². The van der Waals surface area contributed by atoms with Crippen LogP contribution in [0, 0.1) is 13.8 Å². The number of aryl methyl sites for hydroxylation is 1. The van der Waals surface area contributed by atoms with Gasteiger partial charge in [0.25, 0.3) is 0 Å². The van der Waals surface area contributed by atoms with Crippen molar-refractivity contribution in [1.29, 1.82) is 0 Å². The Balaban J connectivity index is 1.42. The molecule has 0 saturated carbocycles. The van der Waals surface area contributed by atoms with Gasteiger partial charge in [0.2, 0.25) is 6.41 Å². The minimum absolute atomic E-state index is 0.187. The summed E-state index contributed by atoms with van der Waals surface area (Å²) in [6, 6.07) is 2.09.